The van der Waals surface area contributed by atoms with Crippen molar-refractivity contribution in [3.05, 3.63) is 58.5 Å². The Balaban J connectivity index is 1.50. The lowest BCUT2D eigenvalue weighted by Crippen LogP contribution is -2.28. The van der Waals surface area contributed by atoms with Gasteiger partial charge in [0, 0.05) is 37.0 Å². The number of rotatable bonds is 8. The van der Waals surface area contributed by atoms with Crippen LogP contribution in [0.25, 0.3) is 0 Å². The molecule has 16 heteroatoms. The first-order valence-corrected chi connectivity index (χ1v) is 14.2. The van der Waals surface area contributed by atoms with Gasteiger partial charge >= 0.3 is 13.8 Å². The topological polar surface area (TPSA) is 170 Å². The van der Waals surface area contributed by atoms with Crippen LogP contribution in [0.1, 0.15) is 51.5 Å². The predicted molar refractivity (Wildman–Crippen MR) is 140 cm³/mol. The van der Waals surface area contributed by atoms with E-state index < -0.39 is 37.4 Å². The molecule has 1 aliphatic carbocycles. The molecule has 0 bridgehead atoms. The van der Waals surface area contributed by atoms with Gasteiger partial charge in [-0.15, -0.1) is 0 Å². The van der Waals surface area contributed by atoms with E-state index in [1.165, 1.54) is 36.4 Å². The number of amides is 1. The van der Waals surface area contributed by atoms with Gasteiger partial charge in [0.15, 0.2) is 0 Å². The third-order valence-electron chi connectivity index (χ3n) is 6.92. The molecule has 5 N–H and O–H groups in total. The minimum atomic E-state index is -4.83. The van der Waals surface area contributed by atoms with Gasteiger partial charge in [0.05, 0.1) is 42.5 Å². The number of methoxy groups -OCH3 is 1. The van der Waals surface area contributed by atoms with Crippen LogP contribution in [-0.4, -0.2) is 60.9 Å². The van der Waals surface area contributed by atoms with E-state index in [4.69, 9.17) is 4.74 Å². The minimum Gasteiger partial charge on any atom is -0.495 e. The molecule has 1 fully saturated rings. The summed E-state index contributed by atoms with van der Waals surface area (Å²) in [7, 11) is -1.45. The van der Waals surface area contributed by atoms with E-state index in [2.05, 4.69) is 25.6 Å². The van der Waals surface area contributed by atoms with Crippen molar-refractivity contribution in [2.75, 3.05) is 24.8 Å². The molecule has 5 rings (SSSR count). The lowest BCUT2D eigenvalue weighted by Gasteiger charge is -2.32. The molecule has 3 heterocycles. The molecule has 3 aromatic rings. The van der Waals surface area contributed by atoms with E-state index in [0.29, 0.717) is 30.3 Å². The standard InChI is InChI=1S/C25H26F3N6O6P/c1-34-10-15-20(23(34)36)18(9-29-21(15)13-6-14(35)7-13)31-22-16(25(26,27)28)8-30-24(33-22)32-17-4-3-12(5-19(17)40-2)11-41(37,38)39/h3-5,8-9,13-14,35H,6-7,10-11H2,1-2H3,(H2,37,38,39)(H2,30,31,32,33)/t13-,14+. The Morgan fingerprint density at radius 2 is 1.88 bits per heavy atom. The van der Waals surface area contributed by atoms with Crippen LogP contribution < -0.4 is 15.4 Å². The van der Waals surface area contributed by atoms with Crippen molar-refractivity contribution >= 4 is 36.6 Å². The number of ether oxygens (including phenoxy) is 1. The van der Waals surface area contributed by atoms with Crippen molar-refractivity contribution in [3.8, 4) is 5.75 Å². The van der Waals surface area contributed by atoms with E-state index in [0.717, 1.165) is 0 Å². The van der Waals surface area contributed by atoms with Crippen LogP contribution in [-0.2, 0) is 23.4 Å². The van der Waals surface area contributed by atoms with Crippen molar-refractivity contribution in [3.63, 3.8) is 0 Å². The molecule has 218 valence electrons. The predicted octanol–water partition coefficient (Wildman–Crippen LogP) is 3.89. The number of nitrogens with one attached hydrogen (secondary N) is 2. The highest BCUT2D eigenvalue weighted by atomic mass is 31.2. The Morgan fingerprint density at radius 3 is 2.51 bits per heavy atom. The Bertz CT molecular complexity index is 1560. The smallest absolute Gasteiger partial charge is 0.421 e. The van der Waals surface area contributed by atoms with E-state index in [9.17, 15) is 37.4 Å². The van der Waals surface area contributed by atoms with Gasteiger partial charge in [-0.05, 0) is 30.5 Å². The summed E-state index contributed by atoms with van der Waals surface area (Å²) in [6, 6.07) is 4.23. The molecule has 2 aliphatic rings. The van der Waals surface area contributed by atoms with Crippen molar-refractivity contribution in [1.82, 2.24) is 19.9 Å². The number of nitrogens with zero attached hydrogens (tertiary/aromatic N) is 4. The van der Waals surface area contributed by atoms with E-state index in [1.54, 1.807) is 7.05 Å². The molecule has 0 spiro atoms. The van der Waals surface area contributed by atoms with Gasteiger partial charge in [-0.25, -0.2) is 4.98 Å². The molecule has 0 radical (unpaired) electrons. The normalized spacial score (nSPS) is 18.6. The quantitative estimate of drug-likeness (QED) is 0.240. The number of hydrogen-bond donors (Lipinski definition) is 5. The number of aliphatic hydroxyl groups excluding tert-OH is 1. The number of carbonyl (C=O) groups is 1. The van der Waals surface area contributed by atoms with E-state index in [1.807, 2.05) is 0 Å². The molecule has 0 atom stereocenters. The van der Waals surface area contributed by atoms with Crippen LogP contribution in [0, 0.1) is 0 Å². The lowest BCUT2D eigenvalue weighted by molar-refractivity contribution is -0.137. The number of alkyl halides is 3. The summed E-state index contributed by atoms with van der Waals surface area (Å²) in [4.78, 5) is 45.2. The van der Waals surface area contributed by atoms with Crippen LogP contribution in [0.2, 0.25) is 0 Å². The molecule has 41 heavy (non-hydrogen) atoms. The van der Waals surface area contributed by atoms with E-state index >= 15 is 0 Å². The SMILES string of the molecule is COc1cc(CP(=O)(O)O)ccc1Nc1ncc(C(F)(F)F)c(Nc2cnc([C@H]3C[C@@H](O)C3)c3c2C(=O)N(C)C3)n1. The van der Waals surface area contributed by atoms with Crippen LogP contribution in [0.5, 0.6) is 5.75 Å². The second-order valence-electron chi connectivity index (χ2n) is 9.96. The minimum absolute atomic E-state index is 0.0456. The average Bonchev–Trinajstić information content (AvgIpc) is 3.16. The molecule has 1 amide bonds. The fourth-order valence-corrected chi connectivity index (χ4v) is 5.57. The number of benzene rings is 1. The Morgan fingerprint density at radius 1 is 1.15 bits per heavy atom. The van der Waals surface area contributed by atoms with E-state index in [-0.39, 0.29) is 52.6 Å². The maximum atomic E-state index is 13.9. The second-order valence-corrected chi connectivity index (χ2v) is 11.6. The summed E-state index contributed by atoms with van der Waals surface area (Å²) in [6.07, 6.45) is -2.93. The number of pyridine rings is 1. The summed E-state index contributed by atoms with van der Waals surface area (Å²) in [5.74, 6) is -1.14. The van der Waals surface area contributed by atoms with Crippen LogP contribution in [0.4, 0.5) is 36.3 Å². The molecule has 12 nitrogen and oxygen atoms in total. The van der Waals surface area contributed by atoms with Gasteiger partial charge < -0.3 is 35.2 Å². The molecule has 1 aromatic carbocycles. The number of carbonyl (C=O) groups excluding carboxylic acids is 1. The highest BCUT2D eigenvalue weighted by Crippen LogP contribution is 2.44. The third-order valence-corrected chi connectivity index (χ3v) is 7.69. The van der Waals surface area contributed by atoms with Crippen molar-refractivity contribution < 1.29 is 42.2 Å². The molecule has 1 aliphatic heterocycles. The lowest BCUT2D eigenvalue weighted by atomic mass is 9.78. The monoisotopic (exact) mass is 594 g/mol. The largest absolute Gasteiger partial charge is 0.495 e. The van der Waals surface area contributed by atoms with Gasteiger partial charge in [0.2, 0.25) is 5.95 Å². The zero-order chi connectivity index (χ0) is 29.7. The summed E-state index contributed by atoms with van der Waals surface area (Å²) in [5.41, 5.74) is 0.830. The molecule has 0 saturated heterocycles. The van der Waals surface area contributed by atoms with Gasteiger partial charge in [0.1, 0.15) is 17.1 Å². The number of halogens is 3. The summed E-state index contributed by atoms with van der Waals surface area (Å²) in [6.45, 7) is 0.235. The third kappa shape index (κ3) is 5.98. The van der Waals surface area contributed by atoms with Crippen molar-refractivity contribution in [1.29, 1.82) is 0 Å². The Labute approximate surface area is 231 Å². The fourth-order valence-electron chi connectivity index (χ4n) is 4.90. The number of hydrogen-bond acceptors (Lipinski definition) is 9. The molecule has 2 aromatic heterocycles. The zero-order valence-electron chi connectivity index (χ0n) is 21.8. The van der Waals surface area contributed by atoms with Gasteiger partial charge in [0.25, 0.3) is 5.91 Å². The highest BCUT2D eigenvalue weighted by molar-refractivity contribution is 7.50. The zero-order valence-corrected chi connectivity index (χ0v) is 22.7. The first-order chi connectivity index (χ1) is 19.2. The average molecular weight is 594 g/mol. The number of anilines is 4. The first kappa shape index (κ1) is 28.7. The molecule has 1 saturated carbocycles. The maximum Gasteiger partial charge on any atom is 0.421 e. The Kier molecular flexibility index (Phi) is 7.40. The van der Waals surface area contributed by atoms with Crippen LogP contribution >= 0.6 is 7.60 Å². The Hall–Kier alpha value is -3.78. The summed E-state index contributed by atoms with van der Waals surface area (Å²) in [5, 5.41) is 15.1. The highest BCUT2D eigenvalue weighted by Gasteiger charge is 2.39. The number of aliphatic hydroxyl groups is 1. The second kappa shape index (κ2) is 10.6. The number of fused-ring (bicyclic) bond motifs is 1. The summed E-state index contributed by atoms with van der Waals surface area (Å²) >= 11 is 0. The summed E-state index contributed by atoms with van der Waals surface area (Å²) < 4.78 is 58.4. The number of aromatic nitrogens is 3. The van der Waals surface area contributed by atoms with Crippen LogP contribution in [0.3, 0.4) is 0 Å². The first-order valence-electron chi connectivity index (χ1n) is 12.4. The molecular weight excluding hydrogens is 568 g/mol. The molecular formula is C25H26F3N6O6P. The maximum absolute atomic E-state index is 13.9. The van der Waals surface area contributed by atoms with Gasteiger partial charge in [-0.1, -0.05) is 6.07 Å². The van der Waals surface area contributed by atoms with Gasteiger partial charge in [-0.2, -0.15) is 18.2 Å². The van der Waals surface area contributed by atoms with Crippen molar-refractivity contribution in [2.45, 2.75) is 43.7 Å². The van der Waals surface area contributed by atoms with Crippen molar-refractivity contribution in [2.24, 2.45) is 0 Å². The molecule has 0 unspecified atom stereocenters. The fraction of sp³-hybridized carbons (Fsp3) is 0.360. The van der Waals surface area contributed by atoms with Gasteiger partial charge in [-0.3, -0.25) is 14.3 Å². The van der Waals surface area contributed by atoms with Crippen LogP contribution in [0.15, 0.2) is 30.6 Å².